The van der Waals surface area contributed by atoms with Crippen molar-refractivity contribution in [1.82, 2.24) is 9.97 Å². The number of hydrogen-bond donors (Lipinski definition) is 2. The second-order valence-corrected chi connectivity index (χ2v) is 5.61. The molecular formula is C19H17FN4O. The number of benzene rings is 2. The fraction of sp³-hybridized carbons (Fsp3) is 0.105. The van der Waals surface area contributed by atoms with Gasteiger partial charge in [-0.25, -0.2) is 14.4 Å². The SMILES string of the molecule is Cc1cc(C)nc(Nc2cccc(C(=O)Nc3ccccc3F)c2)n1. The van der Waals surface area contributed by atoms with Crippen molar-refractivity contribution in [2.75, 3.05) is 10.6 Å². The maximum absolute atomic E-state index is 13.7. The predicted molar refractivity (Wildman–Crippen MR) is 95.6 cm³/mol. The van der Waals surface area contributed by atoms with E-state index in [9.17, 15) is 9.18 Å². The second kappa shape index (κ2) is 7.09. The molecule has 1 aromatic heterocycles. The summed E-state index contributed by atoms with van der Waals surface area (Å²) < 4.78 is 13.7. The van der Waals surface area contributed by atoms with Gasteiger partial charge in [0.15, 0.2) is 0 Å². The van der Waals surface area contributed by atoms with Gasteiger partial charge in [0.25, 0.3) is 5.91 Å². The Balaban J connectivity index is 1.79. The topological polar surface area (TPSA) is 66.9 Å². The van der Waals surface area contributed by atoms with Crippen LogP contribution in [0, 0.1) is 19.7 Å². The van der Waals surface area contributed by atoms with E-state index in [4.69, 9.17) is 0 Å². The van der Waals surface area contributed by atoms with Gasteiger partial charge in [0, 0.05) is 22.6 Å². The Hall–Kier alpha value is -3.28. The molecule has 0 spiro atoms. The smallest absolute Gasteiger partial charge is 0.255 e. The van der Waals surface area contributed by atoms with Gasteiger partial charge in [-0.2, -0.15) is 0 Å². The molecule has 0 saturated heterocycles. The van der Waals surface area contributed by atoms with Gasteiger partial charge in [-0.3, -0.25) is 4.79 Å². The number of para-hydroxylation sites is 1. The molecule has 0 aliphatic heterocycles. The van der Waals surface area contributed by atoms with Crippen LogP contribution in [0.15, 0.2) is 54.6 Å². The van der Waals surface area contributed by atoms with Crippen molar-refractivity contribution in [1.29, 1.82) is 0 Å². The minimum Gasteiger partial charge on any atom is -0.324 e. The van der Waals surface area contributed by atoms with E-state index in [2.05, 4.69) is 20.6 Å². The highest BCUT2D eigenvalue weighted by atomic mass is 19.1. The van der Waals surface area contributed by atoms with Crippen LogP contribution in [-0.4, -0.2) is 15.9 Å². The summed E-state index contributed by atoms with van der Waals surface area (Å²) >= 11 is 0. The van der Waals surface area contributed by atoms with E-state index in [1.54, 1.807) is 36.4 Å². The number of halogens is 1. The number of hydrogen-bond acceptors (Lipinski definition) is 4. The van der Waals surface area contributed by atoms with Crippen molar-refractivity contribution in [2.24, 2.45) is 0 Å². The van der Waals surface area contributed by atoms with Crippen LogP contribution in [0.25, 0.3) is 0 Å². The van der Waals surface area contributed by atoms with Crippen molar-refractivity contribution in [3.63, 3.8) is 0 Å². The van der Waals surface area contributed by atoms with Crippen LogP contribution in [0.2, 0.25) is 0 Å². The Morgan fingerprint density at radius 1 is 0.960 bits per heavy atom. The molecule has 0 radical (unpaired) electrons. The van der Waals surface area contributed by atoms with E-state index in [0.717, 1.165) is 11.4 Å². The monoisotopic (exact) mass is 336 g/mol. The highest BCUT2D eigenvalue weighted by Crippen LogP contribution is 2.18. The summed E-state index contributed by atoms with van der Waals surface area (Å²) in [6, 6.07) is 14.8. The molecule has 126 valence electrons. The molecule has 5 nitrogen and oxygen atoms in total. The van der Waals surface area contributed by atoms with Crippen LogP contribution in [-0.2, 0) is 0 Å². The fourth-order valence-electron chi connectivity index (χ4n) is 2.41. The van der Waals surface area contributed by atoms with Crippen LogP contribution in [0.5, 0.6) is 0 Å². The van der Waals surface area contributed by atoms with Crippen LogP contribution in [0.3, 0.4) is 0 Å². The van der Waals surface area contributed by atoms with Crippen LogP contribution >= 0.6 is 0 Å². The molecule has 6 heteroatoms. The number of aryl methyl sites for hydroxylation is 2. The Bertz CT molecular complexity index is 907. The molecule has 0 unspecified atom stereocenters. The second-order valence-electron chi connectivity index (χ2n) is 5.61. The van der Waals surface area contributed by atoms with Gasteiger partial charge >= 0.3 is 0 Å². The van der Waals surface area contributed by atoms with Gasteiger partial charge in [-0.1, -0.05) is 18.2 Å². The standard InChI is InChI=1S/C19H17FN4O/c1-12-10-13(2)22-19(21-12)23-15-7-5-6-14(11-15)18(25)24-17-9-4-3-8-16(17)20/h3-11H,1-2H3,(H,24,25)(H,21,22,23). The lowest BCUT2D eigenvalue weighted by Gasteiger charge is -2.09. The average Bonchev–Trinajstić information content (AvgIpc) is 2.56. The summed E-state index contributed by atoms with van der Waals surface area (Å²) in [7, 11) is 0. The van der Waals surface area contributed by atoms with Crippen molar-refractivity contribution < 1.29 is 9.18 Å². The van der Waals surface area contributed by atoms with Crippen LogP contribution in [0.4, 0.5) is 21.7 Å². The average molecular weight is 336 g/mol. The zero-order valence-corrected chi connectivity index (χ0v) is 13.9. The fourth-order valence-corrected chi connectivity index (χ4v) is 2.41. The van der Waals surface area contributed by atoms with E-state index in [-0.39, 0.29) is 5.69 Å². The minimum atomic E-state index is -0.478. The Kier molecular flexibility index (Phi) is 4.70. The van der Waals surface area contributed by atoms with E-state index in [0.29, 0.717) is 17.2 Å². The number of aromatic nitrogens is 2. The van der Waals surface area contributed by atoms with E-state index >= 15 is 0 Å². The zero-order chi connectivity index (χ0) is 17.8. The molecule has 0 saturated carbocycles. The molecule has 0 bridgehead atoms. The first-order chi connectivity index (χ1) is 12.0. The van der Waals surface area contributed by atoms with Gasteiger partial charge < -0.3 is 10.6 Å². The summed E-state index contributed by atoms with van der Waals surface area (Å²) in [6.45, 7) is 3.77. The molecule has 0 aliphatic rings. The molecule has 1 amide bonds. The molecule has 3 rings (SSSR count). The number of nitrogens with one attached hydrogen (secondary N) is 2. The van der Waals surface area contributed by atoms with Gasteiger partial charge in [0.2, 0.25) is 5.95 Å². The summed E-state index contributed by atoms with van der Waals surface area (Å²) in [6.07, 6.45) is 0. The number of rotatable bonds is 4. The molecule has 2 aromatic carbocycles. The maximum Gasteiger partial charge on any atom is 0.255 e. The Morgan fingerprint density at radius 3 is 2.40 bits per heavy atom. The van der Waals surface area contributed by atoms with E-state index < -0.39 is 11.7 Å². The van der Waals surface area contributed by atoms with Crippen LogP contribution < -0.4 is 10.6 Å². The third kappa shape index (κ3) is 4.17. The van der Waals surface area contributed by atoms with Crippen molar-refractivity contribution in [3.8, 4) is 0 Å². The molecule has 0 fully saturated rings. The summed E-state index contributed by atoms with van der Waals surface area (Å²) in [4.78, 5) is 21.0. The molecule has 3 aromatic rings. The lowest BCUT2D eigenvalue weighted by Crippen LogP contribution is -2.13. The van der Waals surface area contributed by atoms with Gasteiger partial charge in [-0.05, 0) is 50.2 Å². The van der Waals surface area contributed by atoms with Gasteiger partial charge in [-0.15, -0.1) is 0 Å². The Morgan fingerprint density at radius 2 is 1.68 bits per heavy atom. The number of carbonyl (C=O) groups excluding carboxylic acids is 1. The highest BCUT2D eigenvalue weighted by molar-refractivity contribution is 6.04. The third-order valence-corrected chi connectivity index (χ3v) is 3.49. The van der Waals surface area contributed by atoms with Gasteiger partial charge in [0.1, 0.15) is 5.82 Å². The molecule has 0 atom stereocenters. The third-order valence-electron chi connectivity index (χ3n) is 3.49. The number of anilines is 3. The molecule has 1 heterocycles. The van der Waals surface area contributed by atoms with Crippen molar-refractivity contribution in [3.05, 3.63) is 77.4 Å². The van der Waals surface area contributed by atoms with Crippen LogP contribution in [0.1, 0.15) is 21.7 Å². The first-order valence-electron chi connectivity index (χ1n) is 7.76. The first-order valence-corrected chi connectivity index (χ1v) is 7.76. The van der Waals surface area contributed by atoms with Gasteiger partial charge in [0.05, 0.1) is 5.69 Å². The zero-order valence-electron chi connectivity index (χ0n) is 13.9. The summed E-state index contributed by atoms with van der Waals surface area (Å²) in [5.41, 5.74) is 2.92. The quantitative estimate of drug-likeness (QED) is 0.748. The number of amides is 1. The lowest BCUT2D eigenvalue weighted by molar-refractivity contribution is 0.102. The number of carbonyl (C=O) groups is 1. The number of nitrogens with zero attached hydrogens (tertiary/aromatic N) is 2. The maximum atomic E-state index is 13.7. The molecule has 2 N–H and O–H groups in total. The molecular weight excluding hydrogens is 319 g/mol. The normalized spacial score (nSPS) is 10.4. The Labute approximate surface area is 145 Å². The first kappa shape index (κ1) is 16.6. The summed E-state index contributed by atoms with van der Waals surface area (Å²) in [5, 5.41) is 5.64. The predicted octanol–water partition coefficient (Wildman–Crippen LogP) is 4.23. The summed E-state index contributed by atoms with van der Waals surface area (Å²) in [5.74, 6) is -0.409. The van der Waals surface area contributed by atoms with Crippen molar-refractivity contribution in [2.45, 2.75) is 13.8 Å². The van der Waals surface area contributed by atoms with Crippen molar-refractivity contribution >= 4 is 23.2 Å². The minimum absolute atomic E-state index is 0.142. The highest BCUT2D eigenvalue weighted by Gasteiger charge is 2.10. The van der Waals surface area contributed by atoms with E-state index in [1.165, 1.54) is 12.1 Å². The lowest BCUT2D eigenvalue weighted by atomic mass is 10.2. The molecule has 0 aliphatic carbocycles. The molecule has 25 heavy (non-hydrogen) atoms. The van der Waals surface area contributed by atoms with E-state index in [1.807, 2.05) is 19.9 Å². The largest absolute Gasteiger partial charge is 0.324 e.